The molecule has 5 nitrogen and oxygen atoms in total. The highest BCUT2D eigenvalue weighted by Crippen LogP contribution is 2.32. The standard InChI is InChI=1S/C7H7BrN2O3/c1-2-13-6-5(8)3-4-9-7(6)10(11)12/h3-4H,2H2,1H3. The number of aromatic nitrogens is 1. The SMILES string of the molecule is CCOc1c(Br)ccnc1[N+](=O)[O-]. The molecule has 1 aromatic heterocycles. The maximum atomic E-state index is 10.5. The number of hydrogen-bond donors (Lipinski definition) is 0. The summed E-state index contributed by atoms with van der Waals surface area (Å²) in [4.78, 5) is 13.5. The molecule has 13 heavy (non-hydrogen) atoms. The fourth-order valence-corrected chi connectivity index (χ4v) is 1.23. The van der Waals surface area contributed by atoms with Gasteiger partial charge in [0.05, 0.1) is 11.1 Å². The van der Waals surface area contributed by atoms with Gasteiger partial charge in [-0.1, -0.05) is 0 Å². The molecule has 0 aliphatic heterocycles. The fraction of sp³-hybridized carbons (Fsp3) is 0.286. The molecule has 6 heteroatoms. The van der Waals surface area contributed by atoms with E-state index < -0.39 is 4.92 Å². The van der Waals surface area contributed by atoms with Gasteiger partial charge in [-0.25, -0.2) is 0 Å². The summed E-state index contributed by atoms with van der Waals surface area (Å²) < 4.78 is 5.62. The van der Waals surface area contributed by atoms with Crippen LogP contribution in [0.1, 0.15) is 6.92 Å². The minimum atomic E-state index is -0.574. The summed E-state index contributed by atoms with van der Waals surface area (Å²) in [6.07, 6.45) is 1.35. The van der Waals surface area contributed by atoms with Gasteiger partial charge in [-0.15, -0.1) is 0 Å². The van der Waals surface area contributed by atoms with Crippen LogP contribution in [0.15, 0.2) is 16.7 Å². The van der Waals surface area contributed by atoms with Crippen molar-refractivity contribution in [1.82, 2.24) is 4.98 Å². The zero-order valence-electron chi connectivity index (χ0n) is 6.86. The summed E-state index contributed by atoms with van der Waals surface area (Å²) in [6.45, 7) is 2.12. The number of pyridine rings is 1. The quantitative estimate of drug-likeness (QED) is 0.606. The summed E-state index contributed by atoms with van der Waals surface area (Å²) in [5, 5.41) is 10.5. The Hall–Kier alpha value is -1.17. The van der Waals surface area contributed by atoms with Crippen molar-refractivity contribution in [3.05, 3.63) is 26.9 Å². The van der Waals surface area contributed by atoms with Gasteiger partial charge in [0, 0.05) is 6.07 Å². The second-order valence-corrected chi connectivity index (χ2v) is 2.99. The number of nitrogens with zero attached hydrogens (tertiary/aromatic N) is 2. The molecular weight excluding hydrogens is 240 g/mol. The van der Waals surface area contributed by atoms with Crippen LogP contribution in [0.2, 0.25) is 0 Å². The molecular formula is C7H7BrN2O3. The molecule has 0 aliphatic carbocycles. The Morgan fingerprint density at radius 3 is 3.00 bits per heavy atom. The normalized spacial score (nSPS) is 9.69. The predicted octanol–water partition coefficient (Wildman–Crippen LogP) is 2.15. The van der Waals surface area contributed by atoms with E-state index in [1.165, 1.54) is 6.20 Å². The number of rotatable bonds is 3. The third kappa shape index (κ3) is 2.15. The van der Waals surface area contributed by atoms with Crippen molar-refractivity contribution in [3.8, 4) is 5.75 Å². The lowest BCUT2D eigenvalue weighted by Gasteiger charge is -2.04. The van der Waals surface area contributed by atoms with Crippen LogP contribution < -0.4 is 4.74 Å². The van der Waals surface area contributed by atoms with E-state index in [0.717, 1.165) is 0 Å². The van der Waals surface area contributed by atoms with E-state index in [1.807, 2.05) is 0 Å². The third-order valence-electron chi connectivity index (χ3n) is 1.30. The monoisotopic (exact) mass is 246 g/mol. The van der Waals surface area contributed by atoms with Crippen LogP contribution in [0.25, 0.3) is 0 Å². The highest BCUT2D eigenvalue weighted by molar-refractivity contribution is 9.10. The maximum absolute atomic E-state index is 10.5. The molecule has 0 fully saturated rings. The molecule has 0 atom stereocenters. The van der Waals surface area contributed by atoms with Gasteiger partial charge >= 0.3 is 5.82 Å². The van der Waals surface area contributed by atoms with Crippen molar-refractivity contribution in [3.63, 3.8) is 0 Å². The van der Waals surface area contributed by atoms with Gasteiger partial charge < -0.3 is 14.9 Å². The third-order valence-corrected chi connectivity index (χ3v) is 1.92. The second-order valence-electron chi connectivity index (χ2n) is 2.14. The van der Waals surface area contributed by atoms with Crippen LogP contribution in [0, 0.1) is 10.1 Å². The maximum Gasteiger partial charge on any atom is 0.407 e. The fourth-order valence-electron chi connectivity index (χ4n) is 0.822. The molecule has 0 radical (unpaired) electrons. The van der Waals surface area contributed by atoms with Gasteiger partial charge in [-0.3, -0.25) is 0 Å². The van der Waals surface area contributed by atoms with E-state index in [2.05, 4.69) is 20.9 Å². The lowest BCUT2D eigenvalue weighted by atomic mass is 10.4. The summed E-state index contributed by atoms with van der Waals surface area (Å²) in [7, 11) is 0. The Morgan fingerprint density at radius 1 is 1.77 bits per heavy atom. The van der Waals surface area contributed by atoms with Gasteiger partial charge in [0.1, 0.15) is 6.20 Å². The molecule has 0 saturated carbocycles. The first-order valence-corrected chi connectivity index (χ1v) is 4.37. The Morgan fingerprint density at radius 2 is 2.46 bits per heavy atom. The number of nitro groups is 1. The molecule has 0 aromatic carbocycles. The van der Waals surface area contributed by atoms with Crippen LogP contribution in [-0.4, -0.2) is 16.5 Å². The largest absolute Gasteiger partial charge is 0.485 e. The second kappa shape index (κ2) is 4.18. The van der Waals surface area contributed by atoms with Gasteiger partial charge in [0.2, 0.25) is 5.75 Å². The Kier molecular flexibility index (Phi) is 3.18. The highest BCUT2D eigenvalue weighted by Gasteiger charge is 2.18. The van der Waals surface area contributed by atoms with Crippen LogP contribution in [-0.2, 0) is 0 Å². The molecule has 0 amide bonds. The van der Waals surface area contributed by atoms with Crippen LogP contribution in [0.3, 0.4) is 0 Å². The van der Waals surface area contributed by atoms with E-state index in [9.17, 15) is 10.1 Å². The van der Waals surface area contributed by atoms with E-state index in [0.29, 0.717) is 11.1 Å². The summed E-state index contributed by atoms with van der Waals surface area (Å²) in [5.74, 6) is -0.0915. The van der Waals surface area contributed by atoms with Crippen molar-refractivity contribution in [2.45, 2.75) is 6.92 Å². The molecule has 1 heterocycles. The van der Waals surface area contributed by atoms with E-state index in [-0.39, 0.29) is 11.6 Å². The van der Waals surface area contributed by atoms with Gasteiger partial charge in [0.25, 0.3) is 0 Å². The lowest BCUT2D eigenvalue weighted by molar-refractivity contribution is -0.390. The minimum Gasteiger partial charge on any atom is -0.485 e. The van der Waals surface area contributed by atoms with Crippen LogP contribution >= 0.6 is 15.9 Å². The summed E-state index contributed by atoms with van der Waals surface area (Å²) in [5.41, 5.74) is 0. The first kappa shape index (κ1) is 9.91. The van der Waals surface area contributed by atoms with Crippen molar-refractivity contribution < 1.29 is 9.66 Å². The molecule has 1 rings (SSSR count). The van der Waals surface area contributed by atoms with Crippen molar-refractivity contribution in [2.24, 2.45) is 0 Å². The van der Waals surface area contributed by atoms with Gasteiger partial charge in [-0.2, -0.15) is 0 Å². The van der Waals surface area contributed by atoms with E-state index in [4.69, 9.17) is 4.74 Å². The number of halogens is 1. The van der Waals surface area contributed by atoms with Gasteiger partial charge in [-0.05, 0) is 32.8 Å². The van der Waals surface area contributed by atoms with E-state index in [1.54, 1.807) is 13.0 Å². The molecule has 1 aromatic rings. The summed E-state index contributed by atoms with van der Waals surface area (Å²) >= 11 is 3.15. The van der Waals surface area contributed by atoms with Gasteiger partial charge in [0.15, 0.2) is 0 Å². The van der Waals surface area contributed by atoms with Crippen LogP contribution in [0.4, 0.5) is 5.82 Å². The minimum absolute atomic E-state index is 0.176. The van der Waals surface area contributed by atoms with Crippen molar-refractivity contribution in [2.75, 3.05) is 6.61 Å². The molecule has 0 saturated heterocycles. The molecule has 0 aliphatic rings. The molecule has 70 valence electrons. The Balaban J connectivity index is 3.17. The van der Waals surface area contributed by atoms with Crippen LogP contribution in [0.5, 0.6) is 5.75 Å². The summed E-state index contributed by atoms with van der Waals surface area (Å²) in [6, 6.07) is 1.60. The molecule has 0 unspecified atom stereocenters. The lowest BCUT2D eigenvalue weighted by Crippen LogP contribution is -2.00. The topological polar surface area (TPSA) is 65.3 Å². The first-order valence-electron chi connectivity index (χ1n) is 3.58. The highest BCUT2D eigenvalue weighted by atomic mass is 79.9. The van der Waals surface area contributed by atoms with E-state index >= 15 is 0 Å². The first-order chi connectivity index (χ1) is 6.16. The average molecular weight is 247 g/mol. The predicted molar refractivity (Wildman–Crippen MR) is 49.8 cm³/mol. The number of hydrogen-bond acceptors (Lipinski definition) is 4. The van der Waals surface area contributed by atoms with Crippen molar-refractivity contribution in [1.29, 1.82) is 0 Å². The molecule has 0 spiro atoms. The molecule has 0 N–H and O–H groups in total. The Bertz CT molecular complexity index is 330. The zero-order chi connectivity index (χ0) is 9.84. The zero-order valence-corrected chi connectivity index (χ0v) is 8.44. The smallest absolute Gasteiger partial charge is 0.407 e. The average Bonchev–Trinajstić information content (AvgIpc) is 2.08. The van der Waals surface area contributed by atoms with Crippen molar-refractivity contribution >= 4 is 21.7 Å². The number of ether oxygens (including phenoxy) is 1. The Labute approximate surface area is 83.0 Å². The molecule has 0 bridgehead atoms.